The molecule has 1 aromatic carbocycles. The van der Waals surface area contributed by atoms with Crippen LogP contribution in [0.5, 0.6) is 0 Å². The van der Waals surface area contributed by atoms with Gasteiger partial charge in [-0.3, -0.25) is 4.39 Å². The molecule has 1 aromatic rings. The molecule has 0 amide bonds. The number of ether oxygens (including phenoxy) is 1. The number of hydrogen-bond acceptors (Lipinski definition) is 3. The van der Waals surface area contributed by atoms with Gasteiger partial charge in [0.2, 0.25) is 0 Å². The highest BCUT2D eigenvalue weighted by Gasteiger charge is 2.17. The third-order valence-electron chi connectivity index (χ3n) is 2.19. The molecule has 0 heterocycles. The SMILES string of the molecule is CCOC(=O)C(O)c1ccc(CCF)cc1. The molecule has 3 nitrogen and oxygen atoms in total. The Kier molecular flexibility index (Phi) is 4.92. The molecule has 0 radical (unpaired) electrons. The predicted molar refractivity (Wildman–Crippen MR) is 57.7 cm³/mol. The highest BCUT2D eigenvalue weighted by atomic mass is 19.1. The maximum atomic E-state index is 12.0. The van der Waals surface area contributed by atoms with Gasteiger partial charge in [0.05, 0.1) is 13.3 Å². The van der Waals surface area contributed by atoms with Crippen molar-refractivity contribution in [1.29, 1.82) is 0 Å². The minimum absolute atomic E-state index is 0.232. The van der Waals surface area contributed by atoms with Crippen LogP contribution in [-0.4, -0.2) is 24.4 Å². The quantitative estimate of drug-likeness (QED) is 0.779. The molecule has 1 rings (SSSR count). The van der Waals surface area contributed by atoms with E-state index in [9.17, 15) is 14.3 Å². The van der Waals surface area contributed by atoms with E-state index in [1.54, 1.807) is 31.2 Å². The van der Waals surface area contributed by atoms with Crippen molar-refractivity contribution < 1.29 is 19.0 Å². The molecule has 0 aromatic heterocycles. The number of hydrogen-bond donors (Lipinski definition) is 1. The van der Waals surface area contributed by atoms with E-state index in [2.05, 4.69) is 4.74 Å². The molecule has 1 unspecified atom stereocenters. The summed E-state index contributed by atoms with van der Waals surface area (Å²) in [6.45, 7) is 1.49. The summed E-state index contributed by atoms with van der Waals surface area (Å²) in [7, 11) is 0. The van der Waals surface area contributed by atoms with Crippen molar-refractivity contribution in [1.82, 2.24) is 0 Å². The smallest absolute Gasteiger partial charge is 0.339 e. The topological polar surface area (TPSA) is 46.5 Å². The van der Waals surface area contributed by atoms with Crippen LogP contribution in [0.3, 0.4) is 0 Å². The minimum Gasteiger partial charge on any atom is -0.464 e. The van der Waals surface area contributed by atoms with E-state index in [4.69, 9.17) is 0 Å². The van der Waals surface area contributed by atoms with E-state index in [1.807, 2.05) is 0 Å². The van der Waals surface area contributed by atoms with Gasteiger partial charge in [-0.05, 0) is 18.1 Å². The number of carbonyl (C=O) groups is 1. The van der Waals surface area contributed by atoms with Crippen molar-refractivity contribution in [3.63, 3.8) is 0 Å². The van der Waals surface area contributed by atoms with E-state index in [-0.39, 0.29) is 6.61 Å². The fourth-order valence-electron chi connectivity index (χ4n) is 1.33. The van der Waals surface area contributed by atoms with Crippen LogP contribution in [0, 0.1) is 0 Å². The molecule has 1 atom stereocenters. The van der Waals surface area contributed by atoms with Crippen LogP contribution < -0.4 is 0 Å². The Balaban J connectivity index is 2.69. The van der Waals surface area contributed by atoms with E-state index in [0.717, 1.165) is 5.56 Å². The van der Waals surface area contributed by atoms with Gasteiger partial charge < -0.3 is 9.84 Å². The number of benzene rings is 1. The number of esters is 1. The van der Waals surface area contributed by atoms with Crippen LogP contribution in [0.25, 0.3) is 0 Å². The number of halogens is 1. The molecule has 0 aliphatic carbocycles. The largest absolute Gasteiger partial charge is 0.464 e. The first-order chi connectivity index (χ1) is 7.69. The summed E-state index contributed by atoms with van der Waals surface area (Å²) in [4.78, 5) is 11.2. The first-order valence-corrected chi connectivity index (χ1v) is 5.18. The van der Waals surface area contributed by atoms with Gasteiger partial charge in [-0.15, -0.1) is 0 Å². The van der Waals surface area contributed by atoms with Crippen LogP contribution >= 0.6 is 0 Å². The van der Waals surface area contributed by atoms with Gasteiger partial charge in [-0.1, -0.05) is 24.3 Å². The number of aliphatic hydroxyl groups is 1. The maximum Gasteiger partial charge on any atom is 0.339 e. The Bertz CT molecular complexity index is 335. The lowest BCUT2D eigenvalue weighted by molar-refractivity contribution is -0.153. The Morgan fingerprint density at radius 3 is 2.56 bits per heavy atom. The van der Waals surface area contributed by atoms with Gasteiger partial charge >= 0.3 is 5.97 Å². The monoisotopic (exact) mass is 226 g/mol. The van der Waals surface area contributed by atoms with Gasteiger partial charge in [0.15, 0.2) is 6.10 Å². The summed E-state index contributed by atoms with van der Waals surface area (Å²) < 4.78 is 16.7. The van der Waals surface area contributed by atoms with Crippen molar-refractivity contribution in [2.45, 2.75) is 19.4 Å². The molecule has 0 saturated heterocycles. The van der Waals surface area contributed by atoms with Crippen molar-refractivity contribution in [3.8, 4) is 0 Å². The lowest BCUT2D eigenvalue weighted by atomic mass is 10.1. The maximum absolute atomic E-state index is 12.0. The first kappa shape index (κ1) is 12.6. The molecular weight excluding hydrogens is 211 g/mol. The second kappa shape index (κ2) is 6.23. The van der Waals surface area contributed by atoms with E-state index < -0.39 is 18.7 Å². The lowest BCUT2D eigenvalue weighted by Crippen LogP contribution is -2.15. The van der Waals surface area contributed by atoms with Gasteiger partial charge in [-0.2, -0.15) is 0 Å². The van der Waals surface area contributed by atoms with Crippen molar-refractivity contribution in [2.75, 3.05) is 13.3 Å². The molecule has 0 bridgehead atoms. The number of rotatable bonds is 5. The summed E-state index contributed by atoms with van der Waals surface area (Å²) in [6.07, 6.45) is -0.921. The molecule has 4 heteroatoms. The number of alkyl halides is 1. The van der Waals surface area contributed by atoms with Crippen LogP contribution in [0.2, 0.25) is 0 Å². The van der Waals surface area contributed by atoms with Gasteiger partial charge in [0, 0.05) is 6.42 Å². The Labute approximate surface area is 93.9 Å². The molecule has 0 aliphatic rings. The van der Waals surface area contributed by atoms with Crippen LogP contribution in [0.1, 0.15) is 24.2 Å². The van der Waals surface area contributed by atoms with E-state index >= 15 is 0 Å². The van der Waals surface area contributed by atoms with Crippen LogP contribution in [0.15, 0.2) is 24.3 Å². The number of aryl methyl sites for hydroxylation is 1. The van der Waals surface area contributed by atoms with E-state index in [0.29, 0.717) is 12.0 Å². The standard InChI is InChI=1S/C12H15FO3/c1-2-16-12(15)11(14)10-5-3-9(4-6-10)7-8-13/h3-6,11,14H,2,7-8H2,1H3. The third kappa shape index (κ3) is 3.31. The summed E-state index contributed by atoms with van der Waals surface area (Å²) in [5.74, 6) is -0.666. The second-order valence-electron chi connectivity index (χ2n) is 3.34. The second-order valence-corrected chi connectivity index (χ2v) is 3.34. The zero-order valence-electron chi connectivity index (χ0n) is 9.15. The molecule has 88 valence electrons. The molecule has 16 heavy (non-hydrogen) atoms. The minimum atomic E-state index is -1.26. The zero-order valence-corrected chi connectivity index (χ0v) is 9.15. The average Bonchev–Trinajstić information content (AvgIpc) is 2.30. The molecule has 0 aliphatic heterocycles. The Hall–Kier alpha value is -1.42. The van der Waals surface area contributed by atoms with Crippen LogP contribution in [-0.2, 0) is 16.0 Å². The summed E-state index contributed by atoms with van der Waals surface area (Å²) >= 11 is 0. The average molecular weight is 226 g/mol. The van der Waals surface area contributed by atoms with E-state index in [1.165, 1.54) is 0 Å². The van der Waals surface area contributed by atoms with Crippen LogP contribution in [0.4, 0.5) is 4.39 Å². The van der Waals surface area contributed by atoms with Crippen molar-refractivity contribution >= 4 is 5.97 Å². The lowest BCUT2D eigenvalue weighted by Gasteiger charge is -2.10. The van der Waals surface area contributed by atoms with Gasteiger partial charge in [0.1, 0.15) is 0 Å². The summed E-state index contributed by atoms with van der Waals surface area (Å²) in [6, 6.07) is 6.59. The number of aliphatic hydroxyl groups excluding tert-OH is 1. The number of carbonyl (C=O) groups excluding carboxylic acids is 1. The Morgan fingerprint density at radius 1 is 1.44 bits per heavy atom. The molecule has 0 saturated carbocycles. The predicted octanol–water partition coefficient (Wildman–Crippen LogP) is 1.80. The van der Waals surface area contributed by atoms with Crippen molar-refractivity contribution in [3.05, 3.63) is 35.4 Å². The fraction of sp³-hybridized carbons (Fsp3) is 0.417. The summed E-state index contributed by atoms with van der Waals surface area (Å²) in [5.41, 5.74) is 1.29. The summed E-state index contributed by atoms with van der Waals surface area (Å²) in [5, 5.41) is 9.59. The highest BCUT2D eigenvalue weighted by molar-refractivity contribution is 5.76. The first-order valence-electron chi connectivity index (χ1n) is 5.18. The van der Waals surface area contributed by atoms with Crippen molar-refractivity contribution in [2.24, 2.45) is 0 Å². The normalized spacial score (nSPS) is 12.2. The molecule has 0 fully saturated rings. The van der Waals surface area contributed by atoms with Gasteiger partial charge in [0.25, 0.3) is 0 Å². The Morgan fingerprint density at radius 2 is 2.06 bits per heavy atom. The fourth-order valence-corrected chi connectivity index (χ4v) is 1.33. The van der Waals surface area contributed by atoms with Gasteiger partial charge in [-0.25, -0.2) is 4.79 Å². The molecule has 0 spiro atoms. The highest BCUT2D eigenvalue weighted by Crippen LogP contribution is 2.15. The third-order valence-corrected chi connectivity index (χ3v) is 2.19. The molecule has 1 N–H and O–H groups in total. The zero-order chi connectivity index (χ0) is 12.0. The molecular formula is C12H15FO3.